The van der Waals surface area contributed by atoms with Crippen molar-refractivity contribution in [3.8, 4) is 0 Å². The number of morpholine rings is 1. The van der Waals surface area contributed by atoms with Crippen LogP contribution in [0.5, 0.6) is 0 Å². The molecule has 1 aliphatic heterocycles. The van der Waals surface area contributed by atoms with Gasteiger partial charge in [0.15, 0.2) is 0 Å². The molecule has 0 radical (unpaired) electrons. The van der Waals surface area contributed by atoms with Crippen LogP contribution in [0, 0.1) is 0 Å². The molecule has 19 heavy (non-hydrogen) atoms. The van der Waals surface area contributed by atoms with Gasteiger partial charge in [0.05, 0.1) is 35.6 Å². The van der Waals surface area contributed by atoms with Gasteiger partial charge in [0.1, 0.15) is 0 Å². The Labute approximate surface area is 121 Å². The van der Waals surface area contributed by atoms with Gasteiger partial charge in [-0.3, -0.25) is 4.90 Å². The summed E-state index contributed by atoms with van der Waals surface area (Å²) in [6.07, 6.45) is 1.70. The summed E-state index contributed by atoms with van der Waals surface area (Å²) in [4.78, 5) is 10.9. The fraction of sp³-hybridized carbons (Fsp3) is 0.462. The summed E-state index contributed by atoms with van der Waals surface area (Å²) in [6.45, 7) is 4.84. The fourth-order valence-corrected chi connectivity index (χ4v) is 3.45. The molecule has 0 aliphatic carbocycles. The molecule has 1 aliphatic rings. The van der Waals surface area contributed by atoms with E-state index in [2.05, 4.69) is 20.9 Å². The van der Waals surface area contributed by atoms with Gasteiger partial charge in [-0.1, -0.05) is 11.6 Å². The number of rotatable bonds is 4. The Kier molecular flexibility index (Phi) is 4.28. The van der Waals surface area contributed by atoms with Crippen LogP contribution in [-0.2, 0) is 4.74 Å². The van der Waals surface area contributed by atoms with E-state index < -0.39 is 0 Å². The molecule has 2 heterocycles. The number of H-pyrrole nitrogens is 1. The molecule has 0 amide bonds. The zero-order valence-electron chi connectivity index (χ0n) is 10.6. The molecule has 6 heteroatoms. The molecule has 0 unspecified atom stereocenters. The zero-order valence-corrected chi connectivity index (χ0v) is 12.1. The Morgan fingerprint density at radius 1 is 1.37 bits per heavy atom. The summed E-state index contributed by atoms with van der Waals surface area (Å²) < 4.78 is 5.34. The van der Waals surface area contributed by atoms with Gasteiger partial charge >= 0.3 is 0 Å². The lowest BCUT2D eigenvalue weighted by atomic mass is 10.3. The minimum atomic E-state index is 0.795. The van der Waals surface area contributed by atoms with Crippen molar-refractivity contribution in [1.82, 2.24) is 14.9 Å². The van der Waals surface area contributed by atoms with Gasteiger partial charge in [0, 0.05) is 30.3 Å². The largest absolute Gasteiger partial charge is 0.379 e. The van der Waals surface area contributed by atoms with Crippen molar-refractivity contribution in [1.29, 1.82) is 0 Å². The number of nitrogens with zero attached hydrogens (tertiary/aromatic N) is 2. The Hall–Kier alpha value is -0.750. The molecule has 0 spiro atoms. The first-order valence-corrected chi connectivity index (χ1v) is 7.75. The number of benzene rings is 1. The first-order chi connectivity index (χ1) is 9.33. The lowest BCUT2D eigenvalue weighted by molar-refractivity contribution is 0.0410. The van der Waals surface area contributed by atoms with Crippen LogP contribution in [0.3, 0.4) is 0 Å². The zero-order chi connectivity index (χ0) is 13.1. The first kappa shape index (κ1) is 13.2. The van der Waals surface area contributed by atoms with Crippen molar-refractivity contribution >= 4 is 34.4 Å². The Morgan fingerprint density at radius 3 is 3.05 bits per heavy atom. The van der Waals surface area contributed by atoms with Gasteiger partial charge < -0.3 is 9.72 Å². The van der Waals surface area contributed by atoms with E-state index in [1.807, 2.05) is 6.07 Å². The average molecular weight is 298 g/mol. The number of hydrogen-bond acceptors (Lipinski definition) is 4. The predicted octanol–water partition coefficient (Wildman–Crippen LogP) is 2.64. The maximum Gasteiger partial charge on any atom is 0.0931 e. The van der Waals surface area contributed by atoms with E-state index in [1.165, 1.54) is 0 Å². The smallest absolute Gasteiger partial charge is 0.0931 e. The third kappa shape index (κ3) is 3.23. The van der Waals surface area contributed by atoms with Crippen molar-refractivity contribution in [3.05, 3.63) is 23.5 Å². The fourth-order valence-electron chi connectivity index (χ4n) is 2.16. The minimum absolute atomic E-state index is 0.795. The Bertz CT molecular complexity index is 554. The molecule has 0 atom stereocenters. The number of halogens is 1. The highest BCUT2D eigenvalue weighted by molar-refractivity contribution is 7.99. The molecule has 0 saturated carbocycles. The molecule has 0 bridgehead atoms. The van der Waals surface area contributed by atoms with Gasteiger partial charge in [0.25, 0.3) is 0 Å². The number of aromatic nitrogens is 2. The molecule has 3 rings (SSSR count). The SMILES string of the molecule is Clc1cc2[nH]cnc2cc1SCCN1CCOCC1. The number of nitrogens with one attached hydrogen (secondary N) is 1. The van der Waals surface area contributed by atoms with Crippen LogP contribution < -0.4 is 0 Å². The van der Waals surface area contributed by atoms with Gasteiger partial charge in [0.2, 0.25) is 0 Å². The van der Waals surface area contributed by atoms with E-state index in [-0.39, 0.29) is 0 Å². The Balaban J connectivity index is 1.59. The molecule has 1 saturated heterocycles. The average Bonchev–Trinajstić information content (AvgIpc) is 2.87. The molecule has 2 aromatic rings. The summed E-state index contributed by atoms with van der Waals surface area (Å²) in [7, 11) is 0. The van der Waals surface area contributed by atoms with Crippen molar-refractivity contribution in [2.45, 2.75) is 4.90 Å². The summed E-state index contributed by atoms with van der Waals surface area (Å²) in [5.41, 5.74) is 1.96. The third-order valence-electron chi connectivity index (χ3n) is 3.24. The molecular formula is C13H16ClN3OS. The lowest BCUT2D eigenvalue weighted by Gasteiger charge is -2.26. The second kappa shape index (κ2) is 6.13. The summed E-state index contributed by atoms with van der Waals surface area (Å²) in [5.74, 6) is 1.04. The minimum Gasteiger partial charge on any atom is -0.379 e. The van der Waals surface area contributed by atoms with Crippen LogP contribution in [0.15, 0.2) is 23.4 Å². The standard InChI is InChI=1S/C13H16ClN3OS/c14-10-7-11-12(16-9-15-11)8-13(10)19-6-3-17-1-4-18-5-2-17/h7-9H,1-6H2,(H,15,16). The van der Waals surface area contributed by atoms with Gasteiger partial charge in [-0.25, -0.2) is 4.98 Å². The molecular weight excluding hydrogens is 282 g/mol. The van der Waals surface area contributed by atoms with Crippen molar-refractivity contribution in [2.24, 2.45) is 0 Å². The van der Waals surface area contributed by atoms with E-state index in [1.54, 1.807) is 18.1 Å². The first-order valence-electron chi connectivity index (χ1n) is 6.38. The summed E-state index contributed by atoms with van der Waals surface area (Å²) in [6, 6.07) is 4.00. The molecule has 1 aromatic carbocycles. The second-order valence-electron chi connectivity index (χ2n) is 4.50. The molecule has 102 valence electrons. The quantitative estimate of drug-likeness (QED) is 0.881. The van der Waals surface area contributed by atoms with Crippen LogP contribution in [0.4, 0.5) is 0 Å². The van der Waals surface area contributed by atoms with Crippen LogP contribution in [0.1, 0.15) is 0 Å². The number of ether oxygens (including phenoxy) is 1. The topological polar surface area (TPSA) is 41.2 Å². The number of aromatic amines is 1. The van der Waals surface area contributed by atoms with Crippen molar-refractivity contribution in [2.75, 3.05) is 38.6 Å². The Morgan fingerprint density at radius 2 is 2.21 bits per heavy atom. The van der Waals surface area contributed by atoms with Crippen molar-refractivity contribution in [3.63, 3.8) is 0 Å². The molecule has 1 aromatic heterocycles. The molecule has 1 fully saturated rings. The van der Waals surface area contributed by atoms with E-state index in [0.29, 0.717) is 0 Å². The number of imidazole rings is 1. The number of thioether (sulfide) groups is 1. The van der Waals surface area contributed by atoms with Crippen LogP contribution in [0.25, 0.3) is 11.0 Å². The third-order valence-corrected chi connectivity index (χ3v) is 4.70. The van der Waals surface area contributed by atoms with Crippen LogP contribution in [-0.4, -0.2) is 53.5 Å². The second-order valence-corrected chi connectivity index (χ2v) is 6.05. The predicted molar refractivity (Wildman–Crippen MR) is 79.1 cm³/mol. The number of hydrogen-bond donors (Lipinski definition) is 1. The van der Waals surface area contributed by atoms with Crippen LogP contribution >= 0.6 is 23.4 Å². The molecule has 4 nitrogen and oxygen atoms in total. The maximum absolute atomic E-state index is 6.28. The van der Waals surface area contributed by atoms with Gasteiger partial charge in [-0.15, -0.1) is 11.8 Å². The summed E-state index contributed by atoms with van der Waals surface area (Å²) in [5, 5.41) is 0.795. The molecule has 1 N–H and O–H groups in total. The highest BCUT2D eigenvalue weighted by Crippen LogP contribution is 2.30. The normalized spacial score (nSPS) is 17.1. The van der Waals surface area contributed by atoms with E-state index >= 15 is 0 Å². The van der Waals surface area contributed by atoms with E-state index in [9.17, 15) is 0 Å². The maximum atomic E-state index is 6.28. The highest BCUT2D eigenvalue weighted by atomic mass is 35.5. The van der Waals surface area contributed by atoms with Gasteiger partial charge in [-0.2, -0.15) is 0 Å². The lowest BCUT2D eigenvalue weighted by Crippen LogP contribution is -2.37. The van der Waals surface area contributed by atoms with Crippen molar-refractivity contribution < 1.29 is 4.74 Å². The monoisotopic (exact) mass is 297 g/mol. The summed E-state index contributed by atoms with van der Waals surface area (Å²) >= 11 is 8.07. The van der Waals surface area contributed by atoms with Gasteiger partial charge in [-0.05, 0) is 12.1 Å². The van der Waals surface area contributed by atoms with Crippen LogP contribution in [0.2, 0.25) is 5.02 Å². The van der Waals surface area contributed by atoms with E-state index in [0.717, 1.165) is 59.6 Å². The highest BCUT2D eigenvalue weighted by Gasteiger charge is 2.11. The number of fused-ring (bicyclic) bond motifs is 1. The van der Waals surface area contributed by atoms with E-state index in [4.69, 9.17) is 16.3 Å².